The maximum atomic E-state index is 9.90. The molecule has 0 aromatic rings. The maximum Gasteiger partial charge on any atom is 0.241 e. The van der Waals surface area contributed by atoms with Crippen LogP contribution in [0, 0.1) is 10.1 Å². The van der Waals surface area contributed by atoms with Crippen LogP contribution in [0.5, 0.6) is 0 Å². The van der Waals surface area contributed by atoms with Gasteiger partial charge in [0.1, 0.15) is 6.10 Å². The monoisotopic (exact) mass is 147 g/mol. The van der Waals surface area contributed by atoms with Gasteiger partial charge in [-0.1, -0.05) is 0 Å². The molecule has 0 fully saturated rings. The van der Waals surface area contributed by atoms with E-state index in [9.17, 15) is 10.1 Å². The summed E-state index contributed by atoms with van der Waals surface area (Å²) in [5.41, 5.74) is -0.165. The van der Waals surface area contributed by atoms with E-state index in [1.165, 1.54) is 6.92 Å². The molecule has 0 aromatic heterocycles. The molecule has 0 bridgehead atoms. The van der Waals surface area contributed by atoms with Crippen molar-refractivity contribution in [3.63, 3.8) is 0 Å². The van der Waals surface area contributed by atoms with Crippen LogP contribution in [-0.2, 0) is 0 Å². The van der Waals surface area contributed by atoms with Gasteiger partial charge in [0.25, 0.3) is 0 Å². The molecule has 58 valence electrons. The van der Waals surface area contributed by atoms with Crippen molar-refractivity contribution in [2.75, 3.05) is 6.61 Å². The topological polar surface area (TPSA) is 83.6 Å². The summed E-state index contributed by atoms with van der Waals surface area (Å²) in [6, 6.07) is 0. The molecule has 0 aliphatic heterocycles. The van der Waals surface area contributed by atoms with Crippen molar-refractivity contribution < 1.29 is 15.1 Å². The van der Waals surface area contributed by atoms with Crippen LogP contribution in [0.4, 0.5) is 0 Å². The summed E-state index contributed by atoms with van der Waals surface area (Å²) >= 11 is 0. The largest absolute Gasteiger partial charge is 0.393 e. The Morgan fingerprint density at radius 3 is 2.70 bits per heavy atom. The second-order valence-corrected chi connectivity index (χ2v) is 1.82. The number of hydrogen-bond acceptors (Lipinski definition) is 4. The van der Waals surface area contributed by atoms with Crippen LogP contribution in [0.15, 0.2) is 11.8 Å². The van der Waals surface area contributed by atoms with Crippen LogP contribution in [-0.4, -0.2) is 27.8 Å². The lowest BCUT2D eigenvalue weighted by Crippen LogP contribution is -2.10. The van der Waals surface area contributed by atoms with Gasteiger partial charge >= 0.3 is 0 Å². The van der Waals surface area contributed by atoms with Crippen LogP contribution in [0.2, 0.25) is 0 Å². The second kappa shape index (κ2) is 3.97. The van der Waals surface area contributed by atoms with Crippen LogP contribution < -0.4 is 0 Å². The van der Waals surface area contributed by atoms with Crippen molar-refractivity contribution in [2.45, 2.75) is 13.0 Å². The molecule has 0 aromatic carbocycles. The van der Waals surface area contributed by atoms with Gasteiger partial charge < -0.3 is 10.2 Å². The first kappa shape index (κ1) is 9.06. The third-order valence-electron chi connectivity index (χ3n) is 0.909. The molecule has 0 rings (SSSR count). The highest BCUT2D eigenvalue weighted by Gasteiger charge is 2.05. The minimum absolute atomic E-state index is 0.165. The van der Waals surface area contributed by atoms with Gasteiger partial charge in [-0.25, -0.2) is 0 Å². The standard InChI is InChI=1S/C5H9NO4/c1-4(6(9)10)2-5(8)3-7/h2,5,7-8H,3H2,1H3/b4-2+/t5-/m0/s1. The number of nitro groups is 1. The molecule has 0 heterocycles. The molecule has 0 aliphatic rings. The number of nitrogens with zero attached hydrogens (tertiary/aromatic N) is 1. The lowest BCUT2D eigenvalue weighted by atomic mass is 10.3. The molecule has 5 nitrogen and oxygen atoms in total. The predicted octanol–water partition coefficient (Wildman–Crippen LogP) is -0.480. The number of allylic oxidation sites excluding steroid dienone is 1. The molecule has 0 amide bonds. The number of aliphatic hydroxyl groups is 2. The molecule has 0 saturated heterocycles. The van der Waals surface area contributed by atoms with E-state index in [1.807, 2.05) is 0 Å². The van der Waals surface area contributed by atoms with E-state index in [0.29, 0.717) is 0 Å². The highest BCUT2D eigenvalue weighted by molar-refractivity contribution is 4.92. The molecule has 0 radical (unpaired) electrons. The van der Waals surface area contributed by atoms with Gasteiger partial charge in [-0.15, -0.1) is 0 Å². The van der Waals surface area contributed by atoms with Crippen LogP contribution in [0.1, 0.15) is 6.92 Å². The first-order chi connectivity index (χ1) is 4.57. The molecule has 0 unspecified atom stereocenters. The summed E-state index contributed by atoms with van der Waals surface area (Å²) in [6.45, 7) is 0.754. The Hall–Kier alpha value is -0.940. The average molecular weight is 147 g/mol. The minimum atomic E-state index is -1.13. The zero-order valence-corrected chi connectivity index (χ0v) is 5.52. The number of rotatable bonds is 3. The zero-order chi connectivity index (χ0) is 8.15. The van der Waals surface area contributed by atoms with E-state index in [-0.39, 0.29) is 5.70 Å². The lowest BCUT2D eigenvalue weighted by molar-refractivity contribution is -0.425. The van der Waals surface area contributed by atoms with Gasteiger partial charge in [-0.05, 0) is 0 Å². The van der Waals surface area contributed by atoms with Crippen molar-refractivity contribution in [2.24, 2.45) is 0 Å². The summed E-state index contributed by atoms with van der Waals surface area (Å²) in [4.78, 5) is 9.27. The van der Waals surface area contributed by atoms with Gasteiger partial charge in [0.2, 0.25) is 5.70 Å². The molecular weight excluding hydrogens is 138 g/mol. The van der Waals surface area contributed by atoms with Crippen LogP contribution in [0.25, 0.3) is 0 Å². The minimum Gasteiger partial charge on any atom is -0.393 e. The van der Waals surface area contributed by atoms with E-state index in [4.69, 9.17) is 10.2 Å². The fourth-order valence-electron chi connectivity index (χ4n) is 0.392. The maximum absolute atomic E-state index is 9.90. The summed E-state index contributed by atoms with van der Waals surface area (Å²) < 4.78 is 0. The zero-order valence-electron chi connectivity index (χ0n) is 5.52. The van der Waals surface area contributed by atoms with Gasteiger partial charge in [0, 0.05) is 13.0 Å². The Morgan fingerprint density at radius 1 is 1.90 bits per heavy atom. The van der Waals surface area contributed by atoms with Crippen LogP contribution in [0.3, 0.4) is 0 Å². The van der Waals surface area contributed by atoms with E-state index in [2.05, 4.69) is 0 Å². The van der Waals surface area contributed by atoms with Crippen molar-refractivity contribution >= 4 is 0 Å². The van der Waals surface area contributed by atoms with E-state index in [1.54, 1.807) is 0 Å². The Bertz CT molecular complexity index is 154. The van der Waals surface area contributed by atoms with E-state index >= 15 is 0 Å². The summed E-state index contributed by atoms with van der Waals surface area (Å²) in [7, 11) is 0. The molecule has 10 heavy (non-hydrogen) atoms. The normalized spacial score (nSPS) is 14.9. The fraction of sp³-hybridized carbons (Fsp3) is 0.600. The highest BCUT2D eigenvalue weighted by atomic mass is 16.6. The summed E-state index contributed by atoms with van der Waals surface area (Å²) in [5, 5.41) is 26.8. The first-order valence-corrected chi connectivity index (χ1v) is 2.69. The summed E-state index contributed by atoms with van der Waals surface area (Å²) in [5.74, 6) is 0. The summed E-state index contributed by atoms with van der Waals surface area (Å²) in [6.07, 6.45) is -0.148. The quantitative estimate of drug-likeness (QED) is 0.417. The van der Waals surface area contributed by atoms with Gasteiger partial charge in [-0.2, -0.15) is 0 Å². The Morgan fingerprint density at radius 2 is 2.40 bits per heavy atom. The third kappa shape index (κ3) is 3.16. The third-order valence-corrected chi connectivity index (χ3v) is 0.909. The molecule has 5 heteroatoms. The SMILES string of the molecule is C/C(=C\[C@H](O)CO)[N+](=O)[O-]. The van der Waals surface area contributed by atoms with Crippen molar-refractivity contribution in [1.29, 1.82) is 0 Å². The molecule has 2 N–H and O–H groups in total. The highest BCUT2D eigenvalue weighted by Crippen LogP contribution is 1.95. The Labute approximate surface area is 57.8 Å². The smallest absolute Gasteiger partial charge is 0.241 e. The van der Waals surface area contributed by atoms with Gasteiger partial charge in [-0.3, -0.25) is 10.1 Å². The molecule has 0 spiro atoms. The average Bonchev–Trinajstić information content (AvgIpc) is 1.87. The van der Waals surface area contributed by atoms with E-state index < -0.39 is 17.6 Å². The van der Waals surface area contributed by atoms with E-state index in [0.717, 1.165) is 6.08 Å². The molecular formula is C5H9NO4. The van der Waals surface area contributed by atoms with Crippen molar-refractivity contribution in [1.82, 2.24) is 0 Å². The molecule has 1 atom stereocenters. The van der Waals surface area contributed by atoms with Crippen LogP contribution >= 0.6 is 0 Å². The van der Waals surface area contributed by atoms with Crippen molar-refractivity contribution in [3.05, 3.63) is 21.9 Å². The predicted molar refractivity (Wildman–Crippen MR) is 33.8 cm³/mol. The fourth-order valence-corrected chi connectivity index (χ4v) is 0.392. The van der Waals surface area contributed by atoms with Gasteiger partial charge in [0.05, 0.1) is 11.5 Å². The second-order valence-electron chi connectivity index (χ2n) is 1.82. The Balaban J connectivity index is 4.02. The molecule has 0 aliphatic carbocycles. The Kier molecular flexibility index (Phi) is 3.60. The molecule has 0 saturated carbocycles. The lowest BCUT2D eigenvalue weighted by Gasteiger charge is -1.97. The first-order valence-electron chi connectivity index (χ1n) is 2.69. The van der Waals surface area contributed by atoms with Gasteiger partial charge in [0.15, 0.2) is 0 Å². The van der Waals surface area contributed by atoms with Crippen molar-refractivity contribution in [3.8, 4) is 0 Å². The number of aliphatic hydroxyl groups excluding tert-OH is 2. The number of hydrogen-bond donors (Lipinski definition) is 2.